The van der Waals surface area contributed by atoms with E-state index < -0.39 is 29.8 Å². The molecule has 0 aromatic heterocycles. The first-order valence-corrected chi connectivity index (χ1v) is 22.3. The number of hydrogen-bond acceptors (Lipinski definition) is 6. The van der Waals surface area contributed by atoms with E-state index in [1.165, 1.54) is 0 Å². The summed E-state index contributed by atoms with van der Waals surface area (Å²) in [4.78, 5) is 28.5. The zero-order chi connectivity index (χ0) is 45.5. The molecule has 0 aliphatic heterocycles. The van der Waals surface area contributed by atoms with Crippen molar-refractivity contribution in [2.75, 3.05) is 13.7 Å². The molecule has 0 saturated carbocycles. The molecule has 1 amide bonds. The fourth-order valence-corrected chi connectivity index (χ4v) is 9.14. The largest absolute Gasteiger partial charge is 0.497 e. The minimum atomic E-state index is -1.13. The summed E-state index contributed by atoms with van der Waals surface area (Å²) in [6.45, 7) is 2.09. The summed E-state index contributed by atoms with van der Waals surface area (Å²) >= 11 is 6.99. The average Bonchev–Trinajstić information content (AvgIpc) is 3.69. The molecule has 8 aromatic carbocycles. The molecule has 328 valence electrons. The fraction of sp³-hybridized carbons (Fsp3) is 0.138. The lowest BCUT2D eigenvalue weighted by Crippen LogP contribution is -2.44. The van der Waals surface area contributed by atoms with Crippen molar-refractivity contribution < 1.29 is 28.5 Å². The third-order valence-electron chi connectivity index (χ3n) is 12.2. The predicted octanol–water partition coefficient (Wildman–Crippen LogP) is 12.8. The number of carbonyl (C=O) groups is 2. The van der Waals surface area contributed by atoms with Crippen LogP contribution in [0.1, 0.15) is 62.1 Å². The Hall–Kier alpha value is -7.61. The Morgan fingerprint density at radius 2 is 1.12 bits per heavy atom. The molecule has 0 fully saturated rings. The third kappa shape index (κ3) is 9.17. The smallest absolute Gasteiger partial charge is 0.407 e. The van der Waals surface area contributed by atoms with Gasteiger partial charge in [0.2, 0.25) is 0 Å². The fourth-order valence-electron chi connectivity index (χ4n) is 8.87. The molecule has 66 heavy (non-hydrogen) atoms. The van der Waals surface area contributed by atoms with Crippen LogP contribution in [-0.4, -0.2) is 31.8 Å². The molecule has 0 heterocycles. The maximum Gasteiger partial charge on any atom is 0.407 e. The third-order valence-corrected chi connectivity index (χ3v) is 12.5. The summed E-state index contributed by atoms with van der Waals surface area (Å²) < 4.78 is 24.9. The van der Waals surface area contributed by atoms with E-state index in [1.54, 1.807) is 7.11 Å². The van der Waals surface area contributed by atoms with Gasteiger partial charge in [-0.2, -0.15) is 0 Å². The second kappa shape index (κ2) is 19.6. The van der Waals surface area contributed by atoms with E-state index in [0.717, 1.165) is 61.2 Å². The Kier molecular flexibility index (Phi) is 13.0. The highest BCUT2D eigenvalue weighted by Crippen LogP contribution is 2.46. The number of ether oxygens (including phenoxy) is 4. The molecule has 8 heteroatoms. The Labute approximate surface area is 390 Å². The van der Waals surface area contributed by atoms with Gasteiger partial charge in [-0.3, -0.25) is 0 Å². The number of aryl methyl sites for hydroxylation is 1. The molecule has 1 aliphatic rings. The van der Waals surface area contributed by atoms with Crippen molar-refractivity contribution in [3.8, 4) is 22.6 Å². The lowest BCUT2D eigenvalue weighted by molar-refractivity contribution is -0.150. The van der Waals surface area contributed by atoms with E-state index >= 15 is 0 Å². The van der Waals surface area contributed by atoms with Crippen LogP contribution < -0.4 is 14.8 Å². The zero-order valence-corrected chi connectivity index (χ0v) is 37.4. The number of carbonyl (C=O) groups excluding carboxylic acids is 2. The van der Waals surface area contributed by atoms with Crippen LogP contribution >= 0.6 is 11.6 Å². The van der Waals surface area contributed by atoms with Crippen LogP contribution in [0.3, 0.4) is 0 Å². The molecule has 0 spiro atoms. The Morgan fingerprint density at radius 3 is 1.70 bits per heavy atom. The van der Waals surface area contributed by atoms with Gasteiger partial charge in [-0.15, -0.1) is 0 Å². The van der Waals surface area contributed by atoms with Crippen LogP contribution in [0.5, 0.6) is 11.5 Å². The van der Waals surface area contributed by atoms with Crippen LogP contribution in [0.15, 0.2) is 206 Å². The topological polar surface area (TPSA) is 83.1 Å². The van der Waals surface area contributed by atoms with Gasteiger partial charge in [0.25, 0.3) is 0 Å². The van der Waals surface area contributed by atoms with Gasteiger partial charge in [0.05, 0.1) is 7.11 Å². The van der Waals surface area contributed by atoms with Crippen molar-refractivity contribution in [2.45, 2.75) is 37.0 Å². The summed E-state index contributed by atoms with van der Waals surface area (Å²) in [5.74, 6) is 0.448. The average molecular weight is 890 g/mol. The minimum absolute atomic E-state index is 0.0848. The maximum absolute atomic E-state index is 14.6. The molecule has 0 bridgehead atoms. The molecular formula is C58H48ClNO6. The van der Waals surface area contributed by atoms with Gasteiger partial charge in [-0.1, -0.05) is 193 Å². The number of alkyl carbamates (subject to hydrolysis) is 1. The molecule has 0 saturated heterocycles. The van der Waals surface area contributed by atoms with Crippen molar-refractivity contribution in [1.29, 1.82) is 0 Å². The van der Waals surface area contributed by atoms with Crippen molar-refractivity contribution in [3.63, 3.8) is 0 Å². The number of methoxy groups -OCH3 is 1. The van der Waals surface area contributed by atoms with Gasteiger partial charge >= 0.3 is 12.1 Å². The molecule has 2 atom stereocenters. The number of benzene rings is 8. The minimum Gasteiger partial charge on any atom is -0.497 e. The molecule has 8 aromatic rings. The standard InChI is InChI=1S/C58H48ClNO6/c1-39-25-29-41(30-26-39)55(42-31-35-45(63-2)36-32-42)65-56(61)54(60-57(62)64-38-51-49-21-11-9-19-47(49)48-20-10-12-22-50(48)51)37-40-27-33-46(34-28-40)66-58(43-15-5-3-6-16-43,44-17-7-4-8-18-44)52-23-13-14-24-53(52)59/h3-36,51,54-55H,37-38H2,1-2H3,(H,60,62)/t54-,55?/m0/s1. The summed E-state index contributed by atoms with van der Waals surface area (Å²) in [7, 11) is 1.60. The summed E-state index contributed by atoms with van der Waals surface area (Å²) in [6.07, 6.45) is -1.41. The number of esters is 1. The highest BCUT2D eigenvalue weighted by Gasteiger charge is 2.41. The van der Waals surface area contributed by atoms with Crippen molar-refractivity contribution in [2.24, 2.45) is 0 Å². The van der Waals surface area contributed by atoms with E-state index in [9.17, 15) is 9.59 Å². The lowest BCUT2D eigenvalue weighted by atomic mass is 9.80. The van der Waals surface area contributed by atoms with Crippen LogP contribution in [0, 0.1) is 6.92 Å². The van der Waals surface area contributed by atoms with Crippen LogP contribution in [0.4, 0.5) is 4.79 Å². The molecule has 9 rings (SSSR count). The van der Waals surface area contributed by atoms with Gasteiger partial charge in [0.15, 0.2) is 11.7 Å². The van der Waals surface area contributed by atoms with E-state index in [1.807, 2.05) is 189 Å². The quantitative estimate of drug-likeness (QED) is 0.0815. The molecule has 0 radical (unpaired) electrons. The van der Waals surface area contributed by atoms with E-state index in [4.69, 9.17) is 30.5 Å². The monoisotopic (exact) mass is 889 g/mol. The first kappa shape index (κ1) is 43.6. The number of hydrogen-bond donors (Lipinski definition) is 1. The highest BCUT2D eigenvalue weighted by molar-refractivity contribution is 6.31. The van der Waals surface area contributed by atoms with Gasteiger partial charge in [0.1, 0.15) is 24.1 Å². The van der Waals surface area contributed by atoms with E-state index in [2.05, 4.69) is 29.6 Å². The summed E-state index contributed by atoms with van der Waals surface area (Å²) in [5.41, 5.74) is 9.20. The Balaban J connectivity index is 1.02. The SMILES string of the molecule is COc1ccc(C(OC(=O)[C@H](Cc2ccc(OC(c3ccccc3)(c3ccccc3)c3ccccc3Cl)cc2)NC(=O)OCC2c3ccccc3-c3ccccc32)c2ccc(C)cc2)cc1. The molecule has 1 N–H and O–H groups in total. The van der Waals surface area contributed by atoms with Gasteiger partial charge in [-0.25, -0.2) is 9.59 Å². The maximum atomic E-state index is 14.6. The predicted molar refractivity (Wildman–Crippen MR) is 259 cm³/mol. The van der Waals surface area contributed by atoms with Gasteiger partial charge in [0, 0.05) is 34.1 Å². The normalized spacial score (nSPS) is 12.8. The second-order valence-electron chi connectivity index (χ2n) is 16.4. The van der Waals surface area contributed by atoms with E-state index in [-0.39, 0.29) is 18.9 Å². The first-order valence-electron chi connectivity index (χ1n) is 22.0. The van der Waals surface area contributed by atoms with Crippen LogP contribution in [0.2, 0.25) is 5.02 Å². The second-order valence-corrected chi connectivity index (χ2v) is 16.8. The van der Waals surface area contributed by atoms with Crippen LogP contribution in [-0.2, 0) is 26.3 Å². The first-order chi connectivity index (χ1) is 32.3. The lowest BCUT2D eigenvalue weighted by Gasteiger charge is -2.37. The Bertz CT molecular complexity index is 2840. The molecule has 7 nitrogen and oxygen atoms in total. The Morgan fingerprint density at radius 1 is 0.606 bits per heavy atom. The zero-order valence-electron chi connectivity index (χ0n) is 36.6. The van der Waals surface area contributed by atoms with Gasteiger partial charge < -0.3 is 24.3 Å². The van der Waals surface area contributed by atoms with E-state index in [0.29, 0.717) is 16.5 Å². The number of amides is 1. The number of nitrogens with one attached hydrogen (secondary N) is 1. The molecule has 1 aliphatic carbocycles. The van der Waals surface area contributed by atoms with Crippen molar-refractivity contribution in [3.05, 3.63) is 261 Å². The summed E-state index contributed by atoms with van der Waals surface area (Å²) in [6, 6.07) is 65.7. The number of rotatable bonds is 15. The van der Waals surface area contributed by atoms with Crippen molar-refractivity contribution >= 4 is 23.7 Å². The molecular weight excluding hydrogens is 842 g/mol. The summed E-state index contributed by atoms with van der Waals surface area (Å²) in [5, 5.41) is 3.45. The van der Waals surface area contributed by atoms with Crippen LogP contribution in [0.25, 0.3) is 11.1 Å². The number of halogens is 1. The van der Waals surface area contributed by atoms with Gasteiger partial charge in [-0.05, 0) is 76.2 Å². The van der Waals surface area contributed by atoms with Crippen molar-refractivity contribution in [1.82, 2.24) is 5.32 Å². The highest BCUT2D eigenvalue weighted by atomic mass is 35.5. The molecule has 1 unspecified atom stereocenters. The number of fused-ring (bicyclic) bond motifs is 3.